The minimum atomic E-state index is -0.0167. The maximum Gasteiger partial charge on any atom is 0.239 e. The zero-order valence-electron chi connectivity index (χ0n) is 11.7. The zero-order chi connectivity index (χ0) is 13.2. The summed E-state index contributed by atoms with van der Waals surface area (Å²) in [4.78, 5) is 15.5. The quantitative estimate of drug-likeness (QED) is 0.354. The van der Waals surface area contributed by atoms with Crippen molar-refractivity contribution in [2.75, 3.05) is 33.3 Å². The number of aliphatic imine (C=N–C) groups is 1. The molecule has 1 atom stereocenters. The van der Waals surface area contributed by atoms with Gasteiger partial charge in [-0.3, -0.25) is 9.79 Å². The van der Waals surface area contributed by atoms with Gasteiger partial charge in [0, 0.05) is 26.7 Å². The molecule has 0 aromatic carbocycles. The number of nitrogens with zero attached hydrogens (tertiary/aromatic N) is 1. The van der Waals surface area contributed by atoms with Gasteiger partial charge < -0.3 is 20.7 Å². The Morgan fingerprint density at radius 1 is 1.37 bits per heavy atom. The van der Waals surface area contributed by atoms with Gasteiger partial charge in [-0.05, 0) is 19.3 Å². The molecule has 1 aliphatic heterocycles. The van der Waals surface area contributed by atoms with Crippen molar-refractivity contribution in [2.24, 2.45) is 4.99 Å². The van der Waals surface area contributed by atoms with Crippen LogP contribution in [0.1, 0.15) is 26.2 Å². The third-order valence-corrected chi connectivity index (χ3v) is 2.73. The molecular weight excluding hydrogens is 359 g/mol. The number of halogens is 1. The van der Waals surface area contributed by atoms with E-state index in [1.165, 1.54) is 0 Å². The second kappa shape index (κ2) is 11.3. The fourth-order valence-electron chi connectivity index (χ4n) is 1.73. The Labute approximate surface area is 132 Å². The first kappa shape index (κ1) is 18.4. The molecule has 1 rings (SSSR count). The minimum absolute atomic E-state index is 0. The van der Waals surface area contributed by atoms with Gasteiger partial charge in [-0.15, -0.1) is 24.0 Å². The Morgan fingerprint density at radius 3 is 2.74 bits per heavy atom. The Kier molecular flexibility index (Phi) is 10.9. The highest BCUT2D eigenvalue weighted by Gasteiger charge is 2.15. The molecule has 1 aliphatic rings. The molecule has 0 radical (unpaired) electrons. The number of amides is 1. The van der Waals surface area contributed by atoms with Crippen LogP contribution in [0, 0.1) is 0 Å². The van der Waals surface area contributed by atoms with Crippen molar-refractivity contribution >= 4 is 35.8 Å². The fourth-order valence-corrected chi connectivity index (χ4v) is 1.73. The van der Waals surface area contributed by atoms with Crippen molar-refractivity contribution < 1.29 is 9.53 Å². The summed E-state index contributed by atoms with van der Waals surface area (Å²) in [6.45, 7) is 4.55. The highest BCUT2D eigenvalue weighted by molar-refractivity contribution is 14.0. The second-order valence-electron chi connectivity index (χ2n) is 4.29. The van der Waals surface area contributed by atoms with Crippen LogP contribution in [-0.4, -0.2) is 51.3 Å². The third-order valence-electron chi connectivity index (χ3n) is 2.73. The van der Waals surface area contributed by atoms with Crippen molar-refractivity contribution in [1.82, 2.24) is 16.0 Å². The van der Waals surface area contributed by atoms with Gasteiger partial charge in [-0.25, -0.2) is 0 Å². The summed E-state index contributed by atoms with van der Waals surface area (Å²) in [6, 6.07) is 0. The standard InChI is InChI=1S/C12H24N4O2.HI/c1-3-6-14-11(17)9-16-12(13-2)15-8-10-5-4-7-18-10;/h10H,3-9H2,1-2H3,(H,14,17)(H2,13,15,16);1H. The van der Waals surface area contributed by atoms with Crippen molar-refractivity contribution in [1.29, 1.82) is 0 Å². The molecular formula is C12H25IN4O2. The van der Waals surface area contributed by atoms with Crippen LogP contribution >= 0.6 is 24.0 Å². The van der Waals surface area contributed by atoms with E-state index in [1.54, 1.807) is 7.05 Å². The molecule has 6 nitrogen and oxygen atoms in total. The normalized spacial score (nSPS) is 18.6. The molecule has 0 bridgehead atoms. The van der Waals surface area contributed by atoms with Crippen LogP contribution in [0.4, 0.5) is 0 Å². The van der Waals surface area contributed by atoms with E-state index >= 15 is 0 Å². The van der Waals surface area contributed by atoms with Gasteiger partial charge in [0.2, 0.25) is 5.91 Å². The second-order valence-corrected chi connectivity index (χ2v) is 4.29. The first-order valence-corrected chi connectivity index (χ1v) is 6.59. The Morgan fingerprint density at radius 2 is 2.16 bits per heavy atom. The summed E-state index contributed by atoms with van der Waals surface area (Å²) in [5.41, 5.74) is 0. The summed E-state index contributed by atoms with van der Waals surface area (Å²) in [7, 11) is 1.69. The SMILES string of the molecule is CCCNC(=O)CNC(=NC)NCC1CCCO1.I. The van der Waals surface area contributed by atoms with Crippen LogP contribution in [-0.2, 0) is 9.53 Å². The third kappa shape index (κ3) is 8.25. The lowest BCUT2D eigenvalue weighted by Gasteiger charge is -2.14. The number of ether oxygens (including phenoxy) is 1. The van der Waals surface area contributed by atoms with Gasteiger partial charge in [-0.1, -0.05) is 6.92 Å². The van der Waals surface area contributed by atoms with E-state index < -0.39 is 0 Å². The minimum Gasteiger partial charge on any atom is -0.376 e. The van der Waals surface area contributed by atoms with Crippen LogP contribution in [0.5, 0.6) is 0 Å². The fraction of sp³-hybridized carbons (Fsp3) is 0.833. The van der Waals surface area contributed by atoms with Gasteiger partial charge in [-0.2, -0.15) is 0 Å². The predicted octanol–water partition coefficient (Wildman–Crippen LogP) is 0.475. The molecule has 0 aromatic rings. The van der Waals surface area contributed by atoms with Crippen molar-refractivity contribution in [2.45, 2.75) is 32.3 Å². The number of rotatable bonds is 6. The van der Waals surface area contributed by atoms with Gasteiger partial charge in [0.05, 0.1) is 12.6 Å². The Bertz CT molecular complexity index is 281. The predicted molar refractivity (Wildman–Crippen MR) is 87.1 cm³/mol. The maximum absolute atomic E-state index is 11.4. The topological polar surface area (TPSA) is 74.8 Å². The smallest absolute Gasteiger partial charge is 0.239 e. The summed E-state index contributed by atoms with van der Waals surface area (Å²) in [6.07, 6.45) is 3.41. The Balaban J connectivity index is 0.00000324. The molecule has 1 heterocycles. The van der Waals surface area contributed by atoms with Crippen LogP contribution in [0.15, 0.2) is 4.99 Å². The van der Waals surface area contributed by atoms with Crippen molar-refractivity contribution in [3.05, 3.63) is 0 Å². The highest BCUT2D eigenvalue weighted by Crippen LogP contribution is 2.10. The lowest BCUT2D eigenvalue weighted by atomic mass is 10.2. The van der Waals surface area contributed by atoms with E-state index in [1.807, 2.05) is 6.92 Å². The van der Waals surface area contributed by atoms with E-state index in [9.17, 15) is 4.79 Å². The molecule has 112 valence electrons. The Hall–Kier alpha value is -0.570. The first-order chi connectivity index (χ1) is 8.76. The number of hydrogen-bond acceptors (Lipinski definition) is 3. The van der Waals surface area contributed by atoms with Gasteiger partial charge in [0.1, 0.15) is 0 Å². The van der Waals surface area contributed by atoms with Gasteiger partial charge in [0.25, 0.3) is 0 Å². The van der Waals surface area contributed by atoms with Crippen LogP contribution in [0.3, 0.4) is 0 Å². The molecule has 0 spiro atoms. The van der Waals surface area contributed by atoms with E-state index in [-0.39, 0.29) is 42.5 Å². The largest absolute Gasteiger partial charge is 0.376 e. The number of guanidine groups is 1. The highest BCUT2D eigenvalue weighted by atomic mass is 127. The summed E-state index contributed by atoms with van der Waals surface area (Å²) in [5.74, 6) is 0.620. The zero-order valence-corrected chi connectivity index (χ0v) is 14.0. The summed E-state index contributed by atoms with van der Waals surface area (Å²) >= 11 is 0. The van der Waals surface area contributed by atoms with Gasteiger partial charge in [0.15, 0.2) is 5.96 Å². The van der Waals surface area contributed by atoms with Crippen LogP contribution in [0.2, 0.25) is 0 Å². The molecule has 1 fully saturated rings. The average molecular weight is 384 g/mol. The van der Waals surface area contributed by atoms with E-state index in [0.29, 0.717) is 12.5 Å². The van der Waals surface area contributed by atoms with Crippen molar-refractivity contribution in [3.63, 3.8) is 0 Å². The van der Waals surface area contributed by atoms with E-state index in [4.69, 9.17) is 4.74 Å². The van der Waals surface area contributed by atoms with Gasteiger partial charge >= 0.3 is 0 Å². The van der Waals surface area contributed by atoms with E-state index in [2.05, 4.69) is 20.9 Å². The molecule has 19 heavy (non-hydrogen) atoms. The average Bonchev–Trinajstić information content (AvgIpc) is 2.89. The number of hydrogen-bond donors (Lipinski definition) is 3. The van der Waals surface area contributed by atoms with Crippen molar-refractivity contribution in [3.8, 4) is 0 Å². The molecule has 7 heteroatoms. The molecule has 0 aliphatic carbocycles. The monoisotopic (exact) mass is 384 g/mol. The maximum atomic E-state index is 11.4. The van der Waals surface area contributed by atoms with Crippen LogP contribution in [0.25, 0.3) is 0 Å². The lowest BCUT2D eigenvalue weighted by Crippen LogP contribution is -2.45. The molecule has 1 amide bonds. The number of nitrogens with one attached hydrogen (secondary N) is 3. The first-order valence-electron chi connectivity index (χ1n) is 6.59. The lowest BCUT2D eigenvalue weighted by molar-refractivity contribution is -0.120. The summed E-state index contributed by atoms with van der Waals surface area (Å²) in [5, 5.41) is 8.93. The number of carbonyl (C=O) groups excluding carboxylic acids is 1. The molecule has 1 saturated heterocycles. The van der Waals surface area contributed by atoms with E-state index in [0.717, 1.165) is 32.4 Å². The molecule has 1 unspecified atom stereocenters. The molecule has 0 saturated carbocycles. The van der Waals surface area contributed by atoms with Crippen LogP contribution < -0.4 is 16.0 Å². The summed E-state index contributed by atoms with van der Waals surface area (Å²) < 4.78 is 5.50. The number of carbonyl (C=O) groups is 1. The molecule has 0 aromatic heterocycles. The molecule has 3 N–H and O–H groups in total.